The predicted molar refractivity (Wildman–Crippen MR) is 40.3 cm³/mol. The lowest BCUT2D eigenvalue weighted by atomic mass is 10.4. The number of carboxylic acids is 1. The highest BCUT2D eigenvalue weighted by molar-refractivity contribution is 5.68. The van der Waals surface area contributed by atoms with Gasteiger partial charge in [0.15, 0.2) is 0 Å². The highest BCUT2D eigenvalue weighted by Crippen LogP contribution is 1.88. The molecule has 0 radical (unpaired) electrons. The lowest BCUT2D eigenvalue weighted by Gasteiger charge is -1.95. The number of rotatable bonds is 4. The Morgan fingerprint density at radius 2 is 2.58 bits per heavy atom. The molecule has 6 heteroatoms. The Hall–Kier alpha value is -1.43. The van der Waals surface area contributed by atoms with E-state index in [1.54, 1.807) is 17.9 Å². The van der Waals surface area contributed by atoms with Crippen LogP contribution < -0.4 is 5.32 Å². The summed E-state index contributed by atoms with van der Waals surface area (Å²) in [7, 11) is 1.76. The van der Waals surface area contributed by atoms with Gasteiger partial charge in [0.2, 0.25) is 0 Å². The molecular formula is C6H10N4O2. The summed E-state index contributed by atoms with van der Waals surface area (Å²) in [4.78, 5) is 10.1. The van der Waals surface area contributed by atoms with Gasteiger partial charge in [-0.3, -0.25) is 9.48 Å². The minimum absolute atomic E-state index is 0.0590. The topological polar surface area (TPSA) is 80.0 Å². The number of carboxylic acid groups (broad SMARTS) is 1. The summed E-state index contributed by atoms with van der Waals surface area (Å²) in [6.45, 7) is 0.372. The fraction of sp³-hybridized carbons (Fsp3) is 0.500. The van der Waals surface area contributed by atoms with Gasteiger partial charge in [-0.05, 0) is 0 Å². The van der Waals surface area contributed by atoms with Gasteiger partial charge in [0.05, 0.1) is 12.2 Å². The summed E-state index contributed by atoms with van der Waals surface area (Å²) >= 11 is 0. The molecule has 0 saturated heterocycles. The van der Waals surface area contributed by atoms with Crippen LogP contribution in [-0.4, -0.2) is 32.6 Å². The smallest absolute Gasteiger partial charge is 0.317 e. The largest absolute Gasteiger partial charge is 0.480 e. The van der Waals surface area contributed by atoms with Gasteiger partial charge in [-0.2, -0.15) is 0 Å². The SMILES string of the molecule is Cn1cc(CNCC(=O)O)nn1. The number of hydrogen-bond acceptors (Lipinski definition) is 4. The zero-order valence-corrected chi connectivity index (χ0v) is 6.69. The lowest BCUT2D eigenvalue weighted by Crippen LogP contribution is -2.21. The van der Waals surface area contributed by atoms with E-state index in [1.165, 1.54) is 0 Å². The Morgan fingerprint density at radius 3 is 3.08 bits per heavy atom. The third-order valence-electron chi connectivity index (χ3n) is 1.23. The summed E-state index contributed by atoms with van der Waals surface area (Å²) < 4.78 is 1.57. The number of aromatic nitrogens is 3. The van der Waals surface area contributed by atoms with Gasteiger partial charge >= 0.3 is 5.97 Å². The van der Waals surface area contributed by atoms with Crippen molar-refractivity contribution in [3.05, 3.63) is 11.9 Å². The number of hydrogen-bond donors (Lipinski definition) is 2. The van der Waals surface area contributed by atoms with Crippen LogP contribution in [0.1, 0.15) is 5.69 Å². The van der Waals surface area contributed by atoms with Gasteiger partial charge in [0, 0.05) is 19.8 Å². The maximum Gasteiger partial charge on any atom is 0.317 e. The number of aliphatic carboxylic acids is 1. The van der Waals surface area contributed by atoms with E-state index in [-0.39, 0.29) is 6.54 Å². The van der Waals surface area contributed by atoms with Gasteiger partial charge < -0.3 is 10.4 Å². The van der Waals surface area contributed by atoms with E-state index in [4.69, 9.17) is 5.11 Å². The molecule has 66 valence electrons. The molecule has 0 saturated carbocycles. The van der Waals surface area contributed by atoms with Crippen LogP contribution in [0, 0.1) is 0 Å². The van der Waals surface area contributed by atoms with Crippen molar-refractivity contribution in [1.82, 2.24) is 20.3 Å². The van der Waals surface area contributed by atoms with Crippen molar-refractivity contribution in [3.8, 4) is 0 Å². The van der Waals surface area contributed by atoms with Crippen molar-refractivity contribution < 1.29 is 9.90 Å². The second kappa shape index (κ2) is 3.82. The molecule has 1 aromatic rings. The quantitative estimate of drug-likeness (QED) is 0.605. The van der Waals surface area contributed by atoms with Crippen molar-refractivity contribution >= 4 is 5.97 Å². The van der Waals surface area contributed by atoms with Gasteiger partial charge in [0.1, 0.15) is 0 Å². The number of aryl methyl sites for hydroxylation is 1. The van der Waals surface area contributed by atoms with E-state index in [9.17, 15) is 4.79 Å². The van der Waals surface area contributed by atoms with Crippen LogP contribution in [0.2, 0.25) is 0 Å². The average Bonchev–Trinajstić information content (AvgIpc) is 2.35. The monoisotopic (exact) mass is 170 g/mol. The normalized spacial score (nSPS) is 10.1. The summed E-state index contributed by atoms with van der Waals surface area (Å²) in [5.74, 6) is -0.876. The molecular weight excluding hydrogens is 160 g/mol. The van der Waals surface area contributed by atoms with Crippen LogP contribution in [0.3, 0.4) is 0 Å². The molecule has 0 bridgehead atoms. The highest BCUT2D eigenvalue weighted by Gasteiger charge is 1.99. The van der Waals surface area contributed by atoms with Gasteiger partial charge in [0.25, 0.3) is 0 Å². The Labute approximate surface area is 69.2 Å². The molecule has 1 heterocycles. The predicted octanol–water partition coefficient (Wildman–Crippen LogP) is -1.01. The zero-order valence-electron chi connectivity index (χ0n) is 6.69. The Kier molecular flexibility index (Phi) is 2.76. The Balaban J connectivity index is 2.29. The second-order valence-electron chi connectivity index (χ2n) is 2.38. The Bertz CT molecular complexity index is 270. The first kappa shape index (κ1) is 8.66. The van der Waals surface area contributed by atoms with Crippen LogP contribution in [0.5, 0.6) is 0 Å². The van der Waals surface area contributed by atoms with E-state index in [0.29, 0.717) is 6.54 Å². The first-order chi connectivity index (χ1) is 5.68. The van der Waals surface area contributed by atoms with Crippen molar-refractivity contribution in [3.63, 3.8) is 0 Å². The lowest BCUT2D eigenvalue weighted by molar-refractivity contribution is -0.135. The molecule has 2 N–H and O–H groups in total. The minimum Gasteiger partial charge on any atom is -0.480 e. The molecule has 1 aromatic heterocycles. The summed E-state index contributed by atoms with van der Waals surface area (Å²) in [6, 6.07) is 0. The van der Waals surface area contributed by atoms with E-state index in [0.717, 1.165) is 5.69 Å². The van der Waals surface area contributed by atoms with Crippen LogP contribution in [0.25, 0.3) is 0 Å². The highest BCUT2D eigenvalue weighted by atomic mass is 16.4. The van der Waals surface area contributed by atoms with Crippen molar-refractivity contribution in [1.29, 1.82) is 0 Å². The third kappa shape index (κ3) is 2.67. The van der Waals surface area contributed by atoms with Crippen molar-refractivity contribution in [2.45, 2.75) is 6.54 Å². The third-order valence-corrected chi connectivity index (χ3v) is 1.23. The number of carbonyl (C=O) groups is 1. The standard InChI is InChI=1S/C6H10N4O2/c1-10-4-5(8-9-10)2-7-3-6(11)12/h4,7H,2-3H2,1H3,(H,11,12). The first-order valence-corrected chi connectivity index (χ1v) is 3.46. The van der Waals surface area contributed by atoms with E-state index >= 15 is 0 Å². The van der Waals surface area contributed by atoms with E-state index in [2.05, 4.69) is 15.6 Å². The molecule has 0 fully saturated rings. The van der Waals surface area contributed by atoms with E-state index < -0.39 is 5.97 Å². The molecule has 0 aliphatic rings. The Morgan fingerprint density at radius 1 is 1.83 bits per heavy atom. The van der Waals surface area contributed by atoms with Crippen LogP contribution in [-0.2, 0) is 18.4 Å². The van der Waals surface area contributed by atoms with Crippen LogP contribution in [0.4, 0.5) is 0 Å². The molecule has 0 aromatic carbocycles. The maximum atomic E-state index is 10.1. The molecule has 0 spiro atoms. The molecule has 6 nitrogen and oxygen atoms in total. The molecule has 1 rings (SSSR count). The molecule has 0 unspecified atom stereocenters. The van der Waals surface area contributed by atoms with Crippen molar-refractivity contribution in [2.24, 2.45) is 7.05 Å². The molecule has 0 atom stereocenters. The fourth-order valence-electron chi connectivity index (χ4n) is 0.774. The van der Waals surface area contributed by atoms with Crippen LogP contribution in [0.15, 0.2) is 6.20 Å². The summed E-state index contributed by atoms with van der Waals surface area (Å²) in [5.41, 5.74) is 0.735. The minimum atomic E-state index is -0.876. The van der Waals surface area contributed by atoms with E-state index in [1.807, 2.05) is 0 Å². The maximum absolute atomic E-state index is 10.1. The number of nitrogens with one attached hydrogen (secondary N) is 1. The second-order valence-corrected chi connectivity index (χ2v) is 2.38. The molecule has 0 aliphatic heterocycles. The summed E-state index contributed by atoms with van der Waals surface area (Å²) in [5, 5.41) is 18.5. The van der Waals surface area contributed by atoms with Gasteiger partial charge in [-0.25, -0.2) is 0 Å². The summed E-state index contributed by atoms with van der Waals surface area (Å²) in [6.07, 6.45) is 1.73. The van der Waals surface area contributed by atoms with Gasteiger partial charge in [-0.15, -0.1) is 5.10 Å². The first-order valence-electron chi connectivity index (χ1n) is 3.46. The fourth-order valence-corrected chi connectivity index (χ4v) is 0.774. The van der Waals surface area contributed by atoms with Gasteiger partial charge in [-0.1, -0.05) is 5.21 Å². The van der Waals surface area contributed by atoms with Crippen molar-refractivity contribution in [2.75, 3.05) is 6.54 Å². The van der Waals surface area contributed by atoms with Crippen LogP contribution >= 0.6 is 0 Å². The average molecular weight is 170 g/mol. The zero-order chi connectivity index (χ0) is 8.97. The number of nitrogens with zero attached hydrogens (tertiary/aromatic N) is 3. The molecule has 0 aliphatic carbocycles. The molecule has 12 heavy (non-hydrogen) atoms. The molecule has 0 amide bonds.